The maximum atomic E-state index is 13.1. The molecule has 0 N–H and O–H groups in total. The zero-order valence-electron chi connectivity index (χ0n) is 16.3. The molecule has 0 spiro atoms. The molecule has 4 heterocycles. The molecule has 0 amide bonds. The standard InChI is InChI=1S/C22H21ClN4OS2/c23-20-8-7-16(30-20)14-25-9-11-26(12-10-25)15-27-22(28)18-5-2-1-4-17(18)21(24-27)19-6-3-13-29-19/h1-8,13H,9-12,14-15H2. The van der Waals surface area contributed by atoms with Gasteiger partial charge in [0.25, 0.3) is 5.56 Å². The Balaban J connectivity index is 1.35. The van der Waals surface area contributed by atoms with Crippen LogP contribution in [0, 0.1) is 0 Å². The lowest BCUT2D eigenvalue weighted by atomic mass is 10.1. The number of fused-ring (bicyclic) bond motifs is 1. The van der Waals surface area contributed by atoms with Gasteiger partial charge in [0, 0.05) is 43.0 Å². The molecule has 1 aliphatic heterocycles. The smallest absolute Gasteiger partial charge is 0.275 e. The minimum absolute atomic E-state index is 0.0263. The molecular formula is C22H21ClN4OS2. The summed E-state index contributed by atoms with van der Waals surface area (Å²) in [5.41, 5.74) is 0.856. The van der Waals surface area contributed by atoms with Crippen LogP contribution in [-0.4, -0.2) is 45.8 Å². The van der Waals surface area contributed by atoms with Crippen LogP contribution in [0.4, 0.5) is 0 Å². The van der Waals surface area contributed by atoms with Crippen LogP contribution in [0.15, 0.2) is 58.7 Å². The first-order chi connectivity index (χ1) is 14.7. The van der Waals surface area contributed by atoms with E-state index in [1.807, 2.05) is 41.8 Å². The first kappa shape index (κ1) is 19.9. The second kappa shape index (κ2) is 8.61. The highest BCUT2D eigenvalue weighted by Crippen LogP contribution is 2.28. The van der Waals surface area contributed by atoms with Crippen molar-refractivity contribution in [2.45, 2.75) is 13.2 Å². The Kier molecular flexibility index (Phi) is 5.71. The third kappa shape index (κ3) is 4.08. The van der Waals surface area contributed by atoms with Gasteiger partial charge >= 0.3 is 0 Å². The van der Waals surface area contributed by atoms with Gasteiger partial charge in [0.1, 0.15) is 5.69 Å². The lowest BCUT2D eigenvalue weighted by molar-refractivity contribution is 0.0980. The van der Waals surface area contributed by atoms with Crippen molar-refractivity contribution in [1.82, 2.24) is 19.6 Å². The zero-order chi connectivity index (χ0) is 20.5. The van der Waals surface area contributed by atoms with Gasteiger partial charge in [-0.1, -0.05) is 35.9 Å². The Hall–Kier alpha value is -2.03. The fraction of sp³-hybridized carbons (Fsp3) is 0.273. The molecule has 30 heavy (non-hydrogen) atoms. The largest absolute Gasteiger partial charge is 0.296 e. The summed E-state index contributed by atoms with van der Waals surface area (Å²) in [6, 6.07) is 15.9. The maximum absolute atomic E-state index is 13.1. The number of thiophene rings is 2. The van der Waals surface area contributed by atoms with E-state index in [4.69, 9.17) is 16.7 Å². The molecule has 5 rings (SSSR count). The highest BCUT2D eigenvalue weighted by atomic mass is 35.5. The van der Waals surface area contributed by atoms with Crippen LogP contribution in [0.1, 0.15) is 4.88 Å². The second-order valence-corrected chi connectivity index (χ2v) is 10.2. The van der Waals surface area contributed by atoms with E-state index >= 15 is 0 Å². The van der Waals surface area contributed by atoms with Crippen molar-refractivity contribution in [2.75, 3.05) is 26.2 Å². The fourth-order valence-corrected chi connectivity index (χ4v) is 5.72. The van der Waals surface area contributed by atoms with E-state index in [1.165, 1.54) is 4.88 Å². The van der Waals surface area contributed by atoms with Crippen LogP contribution in [-0.2, 0) is 13.2 Å². The van der Waals surface area contributed by atoms with Crippen molar-refractivity contribution < 1.29 is 0 Å². The summed E-state index contributed by atoms with van der Waals surface area (Å²) in [6.07, 6.45) is 0. The van der Waals surface area contributed by atoms with Crippen molar-refractivity contribution in [3.05, 3.63) is 73.5 Å². The number of hydrogen-bond donors (Lipinski definition) is 0. The maximum Gasteiger partial charge on any atom is 0.275 e. The summed E-state index contributed by atoms with van der Waals surface area (Å²) in [5.74, 6) is 0. The van der Waals surface area contributed by atoms with Crippen LogP contribution in [0.2, 0.25) is 4.34 Å². The lowest BCUT2D eigenvalue weighted by Crippen LogP contribution is -2.47. The van der Waals surface area contributed by atoms with Crippen molar-refractivity contribution in [3.63, 3.8) is 0 Å². The molecule has 1 aromatic carbocycles. The van der Waals surface area contributed by atoms with E-state index in [0.717, 1.165) is 58.4 Å². The van der Waals surface area contributed by atoms with Gasteiger partial charge in [-0.15, -0.1) is 22.7 Å². The topological polar surface area (TPSA) is 41.4 Å². The van der Waals surface area contributed by atoms with E-state index in [0.29, 0.717) is 6.67 Å². The lowest BCUT2D eigenvalue weighted by Gasteiger charge is -2.34. The summed E-state index contributed by atoms with van der Waals surface area (Å²) < 4.78 is 2.47. The molecule has 8 heteroatoms. The van der Waals surface area contributed by atoms with Crippen molar-refractivity contribution in [1.29, 1.82) is 0 Å². The van der Waals surface area contributed by atoms with Crippen LogP contribution in [0.5, 0.6) is 0 Å². The van der Waals surface area contributed by atoms with Gasteiger partial charge in [0.2, 0.25) is 0 Å². The molecule has 0 bridgehead atoms. The van der Waals surface area contributed by atoms with Crippen molar-refractivity contribution >= 4 is 45.0 Å². The minimum Gasteiger partial charge on any atom is -0.296 e. The predicted molar refractivity (Wildman–Crippen MR) is 125 cm³/mol. The second-order valence-electron chi connectivity index (χ2n) is 7.42. The summed E-state index contributed by atoms with van der Waals surface area (Å²) in [4.78, 5) is 20.2. The van der Waals surface area contributed by atoms with E-state index in [1.54, 1.807) is 27.4 Å². The van der Waals surface area contributed by atoms with Crippen molar-refractivity contribution in [2.24, 2.45) is 0 Å². The average Bonchev–Trinajstić information content (AvgIpc) is 3.44. The summed E-state index contributed by atoms with van der Waals surface area (Å²) in [7, 11) is 0. The Labute approximate surface area is 187 Å². The van der Waals surface area contributed by atoms with Gasteiger partial charge in [0.15, 0.2) is 0 Å². The summed E-state index contributed by atoms with van der Waals surface area (Å²) >= 11 is 9.34. The van der Waals surface area contributed by atoms with E-state index < -0.39 is 0 Å². The summed E-state index contributed by atoms with van der Waals surface area (Å²) in [5, 5.41) is 8.46. The normalized spacial score (nSPS) is 15.8. The molecular weight excluding hydrogens is 436 g/mol. The summed E-state index contributed by atoms with van der Waals surface area (Å²) in [6.45, 7) is 5.21. The third-order valence-electron chi connectivity index (χ3n) is 5.43. The number of benzene rings is 1. The van der Waals surface area contributed by atoms with Gasteiger partial charge < -0.3 is 0 Å². The molecule has 1 fully saturated rings. The number of nitrogens with zero attached hydrogens (tertiary/aromatic N) is 4. The molecule has 5 nitrogen and oxygen atoms in total. The molecule has 0 radical (unpaired) electrons. The van der Waals surface area contributed by atoms with Gasteiger partial charge in [-0.2, -0.15) is 5.10 Å². The molecule has 0 atom stereocenters. The van der Waals surface area contributed by atoms with E-state index in [2.05, 4.69) is 21.9 Å². The minimum atomic E-state index is -0.0263. The van der Waals surface area contributed by atoms with Crippen LogP contribution < -0.4 is 5.56 Å². The molecule has 4 aromatic rings. The quantitative estimate of drug-likeness (QED) is 0.439. The molecule has 1 saturated heterocycles. The zero-order valence-corrected chi connectivity index (χ0v) is 18.7. The molecule has 0 unspecified atom stereocenters. The molecule has 1 aliphatic rings. The first-order valence-electron chi connectivity index (χ1n) is 9.90. The number of piperazine rings is 1. The third-order valence-corrected chi connectivity index (χ3v) is 7.52. The highest BCUT2D eigenvalue weighted by molar-refractivity contribution is 7.16. The van der Waals surface area contributed by atoms with Gasteiger partial charge in [-0.25, -0.2) is 4.68 Å². The first-order valence-corrected chi connectivity index (χ1v) is 12.0. The van der Waals surface area contributed by atoms with E-state index in [9.17, 15) is 4.79 Å². The average molecular weight is 457 g/mol. The number of hydrogen-bond acceptors (Lipinski definition) is 6. The Bertz CT molecular complexity index is 1210. The van der Waals surface area contributed by atoms with Crippen molar-refractivity contribution in [3.8, 4) is 10.6 Å². The van der Waals surface area contributed by atoms with Crippen LogP contribution in [0.25, 0.3) is 21.3 Å². The molecule has 0 saturated carbocycles. The number of aromatic nitrogens is 2. The van der Waals surface area contributed by atoms with Gasteiger partial charge in [-0.3, -0.25) is 14.6 Å². The Morgan fingerprint density at radius 2 is 1.70 bits per heavy atom. The Morgan fingerprint density at radius 1 is 0.933 bits per heavy atom. The van der Waals surface area contributed by atoms with Gasteiger partial charge in [-0.05, 0) is 29.6 Å². The molecule has 0 aliphatic carbocycles. The van der Waals surface area contributed by atoms with Crippen LogP contribution in [0.3, 0.4) is 0 Å². The van der Waals surface area contributed by atoms with E-state index in [-0.39, 0.29) is 5.56 Å². The Morgan fingerprint density at radius 3 is 2.40 bits per heavy atom. The van der Waals surface area contributed by atoms with Crippen LogP contribution >= 0.6 is 34.3 Å². The van der Waals surface area contributed by atoms with Gasteiger partial charge in [0.05, 0.1) is 21.3 Å². The fourth-order valence-electron chi connectivity index (χ4n) is 3.86. The predicted octanol–water partition coefficient (Wildman–Crippen LogP) is 4.62. The highest BCUT2D eigenvalue weighted by Gasteiger charge is 2.20. The monoisotopic (exact) mass is 456 g/mol. The SMILES string of the molecule is O=c1c2ccccc2c(-c2cccs2)nn1CN1CCN(Cc2ccc(Cl)s2)CC1. The number of halogens is 1. The molecule has 154 valence electrons. The number of rotatable bonds is 5. The molecule has 3 aromatic heterocycles.